The second kappa shape index (κ2) is 6.30. The first-order valence-corrected chi connectivity index (χ1v) is 4.96. The smallest absolute Gasteiger partial charge is 0.318 e. The maximum atomic E-state index is 11.2. The number of imide groups is 1. The van der Waals surface area contributed by atoms with Gasteiger partial charge in [-0.3, -0.25) is 14.9 Å². The molecule has 0 radical (unpaired) electrons. The van der Waals surface area contributed by atoms with Crippen LogP contribution in [0.5, 0.6) is 0 Å². The summed E-state index contributed by atoms with van der Waals surface area (Å²) in [7, 11) is 0. The molecule has 1 aromatic rings. The number of nitrogens with zero attached hydrogens (tertiary/aromatic N) is 3. The Hall–Kier alpha value is -2.49. The Morgan fingerprint density at radius 2 is 2.06 bits per heavy atom. The molecule has 0 aliphatic carbocycles. The van der Waals surface area contributed by atoms with Crippen LogP contribution in [-0.4, -0.2) is 39.4 Å². The molecule has 0 spiro atoms. The van der Waals surface area contributed by atoms with E-state index in [-0.39, 0.29) is 25.5 Å². The summed E-state index contributed by atoms with van der Waals surface area (Å²) >= 11 is 0. The van der Waals surface area contributed by atoms with Gasteiger partial charge in [0, 0.05) is 0 Å². The van der Waals surface area contributed by atoms with Crippen LogP contribution in [-0.2, 0) is 22.7 Å². The molecule has 4 amide bonds. The molecular formula is C8H13N7O3. The Morgan fingerprint density at radius 1 is 1.33 bits per heavy atom. The molecule has 0 saturated heterocycles. The van der Waals surface area contributed by atoms with Crippen LogP contribution in [0.25, 0.3) is 0 Å². The Bertz CT molecular complexity index is 455. The van der Waals surface area contributed by atoms with Gasteiger partial charge >= 0.3 is 6.03 Å². The first-order valence-electron chi connectivity index (χ1n) is 4.96. The summed E-state index contributed by atoms with van der Waals surface area (Å²) in [5.41, 5.74) is 10.3. The molecule has 0 aliphatic rings. The lowest BCUT2D eigenvalue weighted by atomic mass is 10.4. The number of hydrogen-bond acceptors (Lipinski definition) is 6. The third-order valence-electron chi connectivity index (χ3n) is 1.81. The van der Waals surface area contributed by atoms with Gasteiger partial charge in [0.15, 0.2) is 0 Å². The van der Waals surface area contributed by atoms with E-state index in [9.17, 15) is 14.4 Å². The van der Waals surface area contributed by atoms with Crippen molar-refractivity contribution in [1.29, 1.82) is 0 Å². The first-order chi connectivity index (χ1) is 8.51. The summed E-state index contributed by atoms with van der Waals surface area (Å²) in [5.74, 6) is -0.930. The van der Waals surface area contributed by atoms with Crippen molar-refractivity contribution >= 4 is 17.8 Å². The summed E-state index contributed by atoms with van der Waals surface area (Å²) in [5, 5.41) is 11.7. The highest BCUT2D eigenvalue weighted by Crippen LogP contribution is 1.92. The molecule has 0 bridgehead atoms. The molecule has 1 aromatic heterocycles. The summed E-state index contributed by atoms with van der Waals surface area (Å²) in [6, 6.07) is -0.935. The number of hydrogen-bond donors (Lipinski definition) is 4. The summed E-state index contributed by atoms with van der Waals surface area (Å²) in [4.78, 5) is 32.4. The van der Waals surface area contributed by atoms with Gasteiger partial charge < -0.3 is 16.8 Å². The Kier molecular flexibility index (Phi) is 4.75. The average molecular weight is 255 g/mol. The van der Waals surface area contributed by atoms with Crippen molar-refractivity contribution < 1.29 is 14.4 Å². The molecule has 98 valence electrons. The minimum absolute atomic E-state index is 0.116. The second-order valence-electron chi connectivity index (χ2n) is 3.30. The van der Waals surface area contributed by atoms with Crippen LogP contribution in [0, 0.1) is 0 Å². The fraction of sp³-hybridized carbons (Fsp3) is 0.375. The molecule has 0 aromatic carbocycles. The van der Waals surface area contributed by atoms with Gasteiger partial charge in [-0.25, -0.2) is 9.48 Å². The topological polar surface area (TPSA) is 158 Å². The van der Waals surface area contributed by atoms with Gasteiger partial charge in [-0.1, -0.05) is 5.21 Å². The number of aromatic nitrogens is 3. The molecule has 0 atom stereocenters. The monoisotopic (exact) mass is 255 g/mol. The minimum Gasteiger partial charge on any atom is -0.351 e. The van der Waals surface area contributed by atoms with Crippen molar-refractivity contribution in [2.45, 2.75) is 13.1 Å². The molecule has 1 rings (SSSR count). The first kappa shape index (κ1) is 13.6. The average Bonchev–Trinajstić information content (AvgIpc) is 2.72. The van der Waals surface area contributed by atoms with Crippen molar-refractivity contribution in [1.82, 2.24) is 25.6 Å². The quantitative estimate of drug-likeness (QED) is 0.440. The van der Waals surface area contributed by atoms with Gasteiger partial charge in [0.2, 0.25) is 11.8 Å². The zero-order chi connectivity index (χ0) is 13.5. The highest BCUT2D eigenvalue weighted by molar-refractivity contribution is 5.93. The number of nitrogens with two attached hydrogens (primary N) is 2. The van der Waals surface area contributed by atoms with E-state index in [1.165, 1.54) is 10.9 Å². The van der Waals surface area contributed by atoms with E-state index < -0.39 is 11.9 Å². The normalized spacial score (nSPS) is 9.83. The van der Waals surface area contributed by atoms with Gasteiger partial charge in [0.1, 0.15) is 12.2 Å². The molecule has 18 heavy (non-hydrogen) atoms. The SMILES string of the molecule is NCC(=O)NCc1cn(CC(=O)NC(N)=O)nn1. The zero-order valence-corrected chi connectivity index (χ0v) is 9.42. The summed E-state index contributed by atoms with van der Waals surface area (Å²) in [6.45, 7) is -0.149. The van der Waals surface area contributed by atoms with Crippen LogP contribution >= 0.6 is 0 Å². The molecule has 0 saturated carbocycles. The number of nitrogens with one attached hydrogen (secondary N) is 2. The number of rotatable bonds is 5. The summed E-state index contributed by atoms with van der Waals surface area (Å²) < 4.78 is 1.21. The van der Waals surface area contributed by atoms with Crippen LogP contribution in [0.2, 0.25) is 0 Å². The Labute approximate surface area is 102 Å². The van der Waals surface area contributed by atoms with Gasteiger partial charge in [-0.2, -0.15) is 0 Å². The summed E-state index contributed by atoms with van der Waals surface area (Å²) in [6.07, 6.45) is 1.46. The van der Waals surface area contributed by atoms with Crippen LogP contribution in [0.15, 0.2) is 6.20 Å². The highest BCUT2D eigenvalue weighted by Gasteiger charge is 2.08. The van der Waals surface area contributed by atoms with E-state index in [0.29, 0.717) is 5.69 Å². The number of carbonyl (C=O) groups excluding carboxylic acids is 3. The molecule has 0 unspecified atom stereocenters. The standard InChI is InChI=1S/C8H13N7O3/c9-1-6(16)11-2-5-3-15(14-13-5)4-7(17)12-8(10)18/h3H,1-2,4,9H2,(H,11,16)(H3,10,12,17,18). The van der Waals surface area contributed by atoms with Crippen LogP contribution in [0.3, 0.4) is 0 Å². The lowest BCUT2D eigenvalue weighted by Crippen LogP contribution is -2.37. The molecule has 0 fully saturated rings. The maximum Gasteiger partial charge on any atom is 0.318 e. The number of primary amides is 1. The second-order valence-corrected chi connectivity index (χ2v) is 3.30. The molecule has 10 heteroatoms. The largest absolute Gasteiger partial charge is 0.351 e. The molecular weight excluding hydrogens is 242 g/mol. The number of urea groups is 1. The lowest BCUT2D eigenvalue weighted by Gasteiger charge is -2.00. The maximum absolute atomic E-state index is 11.2. The van der Waals surface area contributed by atoms with Gasteiger partial charge in [-0.05, 0) is 0 Å². The molecule has 10 nitrogen and oxygen atoms in total. The molecule has 6 N–H and O–H groups in total. The van der Waals surface area contributed by atoms with E-state index >= 15 is 0 Å². The van der Waals surface area contributed by atoms with E-state index in [1.807, 2.05) is 5.32 Å². The van der Waals surface area contributed by atoms with Crippen molar-refractivity contribution in [3.8, 4) is 0 Å². The predicted molar refractivity (Wildman–Crippen MR) is 58.6 cm³/mol. The number of amides is 4. The van der Waals surface area contributed by atoms with E-state index in [4.69, 9.17) is 11.5 Å². The predicted octanol–water partition coefficient (Wildman–Crippen LogP) is -2.95. The zero-order valence-electron chi connectivity index (χ0n) is 9.42. The van der Waals surface area contributed by atoms with Crippen LogP contribution in [0.4, 0.5) is 4.79 Å². The van der Waals surface area contributed by atoms with Crippen molar-refractivity contribution in [2.75, 3.05) is 6.54 Å². The number of carbonyl (C=O) groups is 3. The highest BCUT2D eigenvalue weighted by atomic mass is 16.2. The fourth-order valence-electron chi connectivity index (χ4n) is 1.08. The van der Waals surface area contributed by atoms with Crippen LogP contribution < -0.4 is 22.1 Å². The third kappa shape index (κ3) is 4.57. The molecule has 0 aliphatic heterocycles. The van der Waals surface area contributed by atoms with Gasteiger partial charge in [0.05, 0.1) is 19.3 Å². The van der Waals surface area contributed by atoms with Gasteiger partial charge in [0.25, 0.3) is 0 Å². The van der Waals surface area contributed by atoms with Gasteiger partial charge in [-0.15, -0.1) is 5.10 Å². The fourth-order valence-corrected chi connectivity index (χ4v) is 1.08. The van der Waals surface area contributed by atoms with E-state index in [0.717, 1.165) is 0 Å². The van der Waals surface area contributed by atoms with Crippen molar-refractivity contribution in [3.63, 3.8) is 0 Å². The van der Waals surface area contributed by atoms with Crippen molar-refractivity contribution in [2.24, 2.45) is 11.5 Å². The Morgan fingerprint density at radius 3 is 2.67 bits per heavy atom. The lowest BCUT2D eigenvalue weighted by molar-refractivity contribution is -0.121. The van der Waals surface area contributed by atoms with E-state index in [2.05, 4.69) is 15.6 Å². The Balaban J connectivity index is 2.45. The van der Waals surface area contributed by atoms with Crippen molar-refractivity contribution in [3.05, 3.63) is 11.9 Å². The minimum atomic E-state index is -0.935. The van der Waals surface area contributed by atoms with E-state index in [1.54, 1.807) is 0 Å². The third-order valence-corrected chi connectivity index (χ3v) is 1.81. The van der Waals surface area contributed by atoms with Crippen LogP contribution in [0.1, 0.15) is 5.69 Å². The molecule has 1 heterocycles.